The molecule has 2 aliphatic rings. The molecule has 0 saturated carbocycles. The Hall–Kier alpha value is -2.97. The molecule has 33 heavy (non-hydrogen) atoms. The van der Waals surface area contributed by atoms with Gasteiger partial charge in [0.15, 0.2) is 17.4 Å². The van der Waals surface area contributed by atoms with E-state index in [1.165, 1.54) is 4.90 Å². The van der Waals surface area contributed by atoms with Crippen LogP contribution in [0.5, 0.6) is 11.5 Å². The zero-order chi connectivity index (χ0) is 24.5. The van der Waals surface area contributed by atoms with Crippen molar-refractivity contribution in [2.24, 2.45) is 5.92 Å². The monoisotopic (exact) mass is 463 g/mol. The van der Waals surface area contributed by atoms with E-state index in [1.54, 1.807) is 54.5 Å². The molecule has 9 nitrogen and oxygen atoms in total. The van der Waals surface area contributed by atoms with E-state index < -0.39 is 47.8 Å². The second-order valence-electron chi connectivity index (χ2n) is 9.72. The Morgan fingerprint density at radius 2 is 1.52 bits per heavy atom. The molecule has 0 saturated heterocycles. The number of amides is 1. The lowest BCUT2D eigenvalue weighted by Gasteiger charge is -2.40. The lowest BCUT2D eigenvalue weighted by Crippen LogP contribution is -2.50. The van der Waals surface area contributed by atoms with Crippen LogP contribution in [0.2, 0.25) is 0 Å². The molecule has 1 aromatic rings. The molecular weight excluding hydrogens is 430 g/mol. The summed E-state index contributed by atoms with van der Waals surface area (Å²) in [6.45, 7) is 12.4. The second-order valence-corrected chi connectivity index (χ2v) is 9.72. The van der Waals surface area contributed by atoms with Crippen molar-refractivity contribution < 1.29 is 38.1 Å². The zero-order valence-electron chi connectivity index (χ0n) is 20.3. The van der Waals surface area contributed by atoms with Gasteiger partial charge in [-0.3, -0.25) is 14.5 Å². The average molecular weight is 464 g/mol. The van der Waals surface area contributed by atoms with E-state index in [0.717, 1.165) is 5.56 Å². The number of nitrogens with zero attached hydrogens (tertiary/aromatic N) is 1. The van der Waals surface area contributed by atoms with Crippen LogP contribution in [0.3, 0.4) is 0 Å². The average Bonchev–Trinajstić information content (AvgIpc) is 3.11. The summed E-state index contributed by atoms with van der Waals surface area (Å²) in [5.74, 6) is -1.86. The van der Waals surface area contributed by atoms with E-state index in [-0.39, 0.29) is 13.3 Å². The first kappa shape index (κ1) is 24.7. The smallest absolute Gasteiger partial charge is 0.410 e. The van der Waals surface area contributed by atoms with Gasteiger partial charge in [0.05, 0.1) is 18.2 Å². The summed E-state index contributed by atoms with van der Waals surface area (Å²) >= 11 is 0. The van der Waals surface area contributed by atoms with E-state index in [4.69, 9.17) is 23.7 Å². The van der Waals surface area contributed by atoms with Crippen molar-refractivity contribution in [3.05, 3.63) is 23.3 Å². The third-order valence-corrected chi connectivity index (χ3v) is 5.07. The van der Waals surface area contributed by atoms with Gasteiger partial charge in [0.25, 0.3) is 0 Å². The Kier molecular flexibility index (Phi) is 7.09. The Balaban J connectivity index is 2.12. The summed E-state index contributed by atoms with van der Waals surface area (Å²) in [7, 11) is 0. The molecule has 2 heterocycles. The Morgan fingerprint density at radius 3 is 2.03 bits per heavy atom. The molecule has 0 fully saturated rings. The second kappa shape index (κ2) is 9.49. The molecule has 1 amide bonds. The van der Waals surface area contributed by atoms with Gasteiger partial charge in [-0.1, -0.05) is 0 Å². The van der Waals surface area contributed by atoms with Crippen LogP contribution in [0.25, 0.3) is 0 Å². The largest absolute Gasteiger partial charge is 0.462 e. The standard InChI is InChI=1S/C24H33NO8/c1-13(2)31-21(26)19(22(27)32-14(3)4)20-16-11-18-17(29-12-30-18)10-15(16)8-9-25(20)23(28)33-24(5,6)7/h10-11,13-14,19-20H,8-9,12H2,1-7H3. The maximum atomic E-state index is 13.2. The first-order chi connectivity index (χ1) is 15.4. The number of rotatable bonds is 5. The van der Waals surface area contributed by atoms with Crippen molar-refractivity contribution in [2.45, 2.75) is 78.7 Å². The SMILES string of the molecule is CC(C)OC(=O)C(C(=O)OC(C)C)C1c2cc3c(cc2CCN1C(=O)OC(C)(C)C)OCO3. The predicted octanol–water partition coefficient (Wildman–Crippen LogP) is 3.77. The molecule has 182 valence electrons. The molecule has 1 unspecified atom stereocenters. The van der Waals surface area contributed by atoms with Gasteiger partial charge in [-0.25, -0.2) is 4.79 Å². The molecule has 1 aromatic carbocycles. The highest BCUT2D eigenvalue weighted by molar-refractivity contribution is 5.97. The molecule has 0 N–H and O–H groups in total. The van der Waals surface area contributed by atoms with Gasteiger partial charge in [0, 0.05) is 6.54 Å². The molecule has 9 heteroatoms. The maximum absolute atomic E-state index is 13.2. The van der Waals surface area contributed by atoms with Gasteiger partial charge in [-0.2, -0.15) is 0 Å². The van der Waals surface area contributed by atoms with Crippen molar-refractivity contribution in [3.63, 3.8) is 0 Å². The first-order valence-electron chi connectivity index (χ1n) is 11.2. The van der Waals surface area contributed by atoms with Gasteiger partial charge < -0.3 is 23.7 Å². The third kappa shape index (κ3) is 5.69. The number of benzene rings is 1. The maximum Gasteiger partial charge on any atom is 0.410 e. The molecule has 0 bridgehead atoms. The Bertz CT molecular complexity index is 896. The fraction of sp³-hybridized carbons (Fsp3) is 0.625. The van der Waals surface area contributed by atoms with Crippen LogP contribution >= 0.6 is 0 Å². The Morgan fingerprint density at radius 1 is 0.970 bits per heavy atom. The van der Waals surface area contributed by atoms with E-state index in [2.05, 4.69) is 0 Å². The normalized spacial score (nSPS) is 17.3. The van der Waals surface area contributed by atoms with Gasteiger partial charge in [-0.15, -0.1) is 0 Å². The predicted molar refractivity (Wildman–Crippen MR) is 118 cm³/mol. The van der Waals surface area contributed by atoms with Crippen molar-refractivity contribution in [1.29, 1.82) is 0 Å². The lowest BCUT2D eigenvalue weighted by molar-refractivity contribution is -0.170. The number of hydrogen-bond acceptors (Lipinski definition) is 8. The number of carbonyl (C=O) groups excluding carboxylic acids is 3. The fourth-order valence-corrected chi connectivity index (χ4v) is 3.89. The van der Waals surface area contributed by atoms with E-state index in [1.807, 2.05) is 6.07 Å². The summed E-state index contributed by atoms with van der Waals surface area (Å²) in [5.41, 5.74) is 0.690. The quantitative estimate of drug-likeness (QED) is 0.370. The van der Waals surface area contributed by atoms with E-state index >= 15 is 0 Å². The minimum atomic E-state index is -1.40. The van der Waals surface area contributed by atoms with Gasteiger partial charge in [0.2, 0.25) is 6.79 Å². The summed E-state index contributed by atoms with van der Waals surface area (Å²) < 4.78 is 27.5. The van der Waals surface area contributed by atoms with E-state index in [0.29, 0.717) is 23.5 Å². The number of fused-ring (bicyclic) bond motifs is 2. The summed E-state index contributed by atoms with van der Waals surface area (Å²) in [6.07, 6.45) is -1.05. The van der Waals surface area contributed by atoms with E-state index in [9.17, 15) is 14.4 Å². The van der Waals surface area contributed by atoms with Crippen molar-refractivity contribution in [1.82, 2.24) is 4.90 Å². The summed E-state index contributed by atoms with van der Waals surface area (Å²) in [6, 6.07) is 2.56. The lowest BCUT2D eigenvalue weighted by atomic mass is 9.84. The Labute approximate surface area is 194 Å². The number of carbonyl (C=O) groups is 3. The minimum absolute atomic E-state index is 0.0763. The molecule has 3 rings (SSSR count). The topological polar surface area (TPSA) is 101 Å². The third-order valence-electron chi connectivity index (χ3n) is 5.07. The molecular formula is C24H33NO8. The minimum Gasteiger partial charge on any atom is -0.462 e. The highest BCUT2D eigenvalue weighted by atomic mass is 16.7. The van der Waals surface area contributed by atoms with Gasteiger partial charge >= 0.3 is 18.0 Å². The van der Waals surface area contributed by atoms with Crippen LogP contribution < -0.4 is 9.47 Å². The number of hydrogen-bond donors (Lipinski definition) is 0. The molecule has 2 aliphatic heterocycles. The van der Waals surface area contributed by atoms with Crippen LogP contribution in [0, 0.1) is 5.92 Å². The molecule has 0 aromatic heterocycles. The van der Waals surface area contributed by atoms with Crippen LogP contribution in [0.15, 0.2) is 12.1 Å². The van der Waals surface area contributed by atoms with Crippen molar-refractivity contribution >= 4 is 18.0 Å². The van der Waals surface area contributed by atoms with Gasteiger partial charge in [0.1, 0.15) is 5.60 Å². The van der Waals surface area contributed by atoms with Crippen LogP contribution in [0.1, 0.15) is 65.6 Å². The molecule has 0 radical (unpaired) electrons. The fourth-order valence-electron chi connectivity index (χ4n) is 3.89. The first-order valence-corrected chi connectivity index (χ1v) is 11.2. The molecule has 0 aliphatic carbocycles. The molecule has 0 spiro atoms. The molecule has 1 atom stereocenters. The highest BCUT2D eigenvalue weighted by Crippen LogP contribution is 2.44. The summed E-state index contributed by atoms with van der Waals surface area (Å²) in [5, 5.41) is 0. The number of ether oxygens (including phenoxy) is 5. The van der Waals surface area contributed by atoms with Crippen LogP contribution in [0.4, 0.5) is 4.79 Å². The number of esters is 2. The van der Waals surface area contributed by atoms with Crippen molar-refractivity contribution in [3.8, 4) is 11.5 Å². The highest BCUT2D eigenvalue weighted by Gasteiger charge is 2.48. The van der Waals surface area contributed by atoms with Crippen LogP contribution in [-0.2, 0) is 30.2 Å². The zero-order valence-corrected chi connectivity index (χ0v) is 20.3. The van der Waals surface area contributed by atoms with Crippen LogP contribution in [-0.4, -0.2) is 54.1 Å². The van der Waals surface area contributed by atoms with Gasteiger partial charge in [-0.05, 0) is 78.1 Å². The summed E-state index contributed by atoms with van der Waals surface area (Å²) in [4.78, 5) is 41.0. The van der Waals surface area contributed by atoms with Crippen molar-refractivity contribution in [2.75, 3.05) is 13.3 Å².